The summed E-state index contributed by atoms with van der Waals surface area (Å²) < 4.78 is 15.2. The second kappa shape index (κ2) is 11.4. The molecule has 1 aliphatic rings. The molecule has 0 bridgehead atoms. The first-order valence-electron chi connectivity index (χ1n) is 13.1. The zero-order valence-corrected chi connectivity index (χ0v) is 21.7. The van der Waals surface area contributed by atoms with Crippen LogP contribution in [0.15, 0.2) is 91.5 Å². The third-order valence-corrected chi connectivity index (χ3v) is 6.68. The van der Waals surface area contributed by atoms with E-state index in [0.29, 0.717) is 36.8 Å². The van der Waals surface area contributed by atoms with Crippen LogP contribution in [0.1, 0.15) is 15.9 Å². The van der Waals surface area contributed by atoms with Gasteiger partial charge in [0.05, 0.1) is 12.2 Å². The second-order valence-electron chi connectivity index (χ2n) is 9.47. The third-order valence-electron chi connectivity index (χ3n) is 6.68. The molecule has 6 rings (SSSR count). The van der Waals surface area contributed by atoms with E-state index in [4.69, 9.17) is 10.1 Å². The van der Waals surface area contributed by atoms with Gasteiger partial charge in [-0.1, -0.05) is 12.1 Å². The minimum absolute atomic E-state index is 0.0341. The molecule has 1 amide bonds. The van der Waals surface area contributed by atoms with Gasteiger partial charge >= 0.3 is 0 Å². The van der Waals surface area contributed by atoms with E-state index in [1.54, 1.807) is 30.7 Å². The van der Waals surface area contributed by atoms with Crippen LogP contribution in [0.5, 0.6) is 0 Å². The molecule has 2 aromatic carbocycles. The summed E-state index contributed by atoms with van der Waals surface area (Å²) in [7, 11) is 0. The Labute approximate surface area is 230 Å². The molecule has 9 nitrogen and oxygen atoms in total. The highest BCUT2D eigenvalue weighted by molar-refractivity contribution is 5.94. The molecule has 1 fully saturated rings. The van der Waals surface area contributed by atoms with Gasteiger partial charge in [-0.05, 0) is 60.2 Å². The van der Waals surface area contributed by atoms with Crippen molar-refractivity contribution in [2.24, 2.45) is 0 Å². The molecule has 0 unspecified atom stereocenters. The fourth-order valence-corrected chi connectivity index (χ4v) is 4.63. The second-order valence-corrected chi connectivity index (χ2v) is 9.47. The Morgan fingerprint density at radius 2 is 1.77 bits per heavy atom. The van der Waals surface area contributed by atoms with Gasteiger partial charge in [-0.2, -0.15) is 5.10 Å². The molecule has 0 atom stereocenters. The number of carbonyl (C=O) groups is 1. The number of halogens is 1. The van der Waals surface area contributed by atoms with E-state index in [0.717, 1.165) is 41.2 Å². The largest absolute Gasteiger partial charge is 0.336 e. The Balaban J connectivity index is 1.25. The number of hydrogen-bond donors (Lipinski definition) is 2. The van der Waals surface area contributed by atoms with Gasteiger partial charge in [-0.3, -0.25) is 14.5 Å². The Morgan fingerprint density at radius 3 is 2.52 bits per heavy atom. The maximum atomic E-state index is 13.4. The number of amides is 1. The summed E-state index contributed by atoms with van der Waals surface area (Å²) in [6.45, 7) is 3.52. The van der Waals surface area contributed by atoms with E-state index in [2.05, 4.69) is 20.6 Å². The Kier molecular flexibility index (Phi) is 7.23. The van der Waals surface area contributed by atoms with Crippen molar-refractivity contribution in [3.8, 4) is 22.5 Å². The predicted octanol–water partition coefficient (Wildman–Crippen LogP) is 4.38. The Bertz CT molecular complexity index is 1600. The molecular formula is C30H27FN8O. The van der Waals surface area contributed by atoms with Gasteiger partial charge in [0.25, 0.3) is 5.91 Å². The molecule has 0 spiro atoms. The maximum Gasteiger partial charge on any atom is 0.253 e. The number of piperazine rings is 1. The van der Waals surface area contributed by atoms with Crippen LogP contribution in [0.3, 0.4) is 0 Å². The number of carbonyl (C=O) groups excluding carboxylic acids is 1. The molecule has 4 heterocycles. The number of pyridine rings is 1. The van der Waals surface area contributed by atoms with Gasteiger partial charge in [-0.15, -0.1) is 0 Å². The first-order chi connectivity index (χ1) is 19.6. The van der Waals surface area contributed by atoms with Crippen LogP contribution in [0.25, 0.3) is 22.5 Å². The summed E-state index contributed by atoms with van der Waals surface area (Å²) in [6, 6.07) is 19.4. The highest BCUT2D eigenvalue weighted by atomic mass is 19.1. The lowest BCUT2D eigenvalue weighted by molar-refractivity contribution is 0.0736. The SMILES string of the molecule is O=C(c1ccc(Nc2nccc(-c3cn(Cc4ccc(F)cc4)nc3-c3cccnc3)n2)cc1)N1CCNCC1. The van der Waals surface area contributed by atoms with E-state index in [-0.39, 0.29) is 11.7 Å². The maximum absolute atomic E-state index is 13.4. The number of nitrogens with zero attached hydrogens (tertiary/aromatic N) is 6. The van der Waals surface area contributed by atoms with Crippen LogP contribution < -0.4 is 10.6 Å². The highest BCUT2D eigenvalue weighted by Gasteiger charge is 2.18. The molecule has 0 aliphatic carbocycles. The van der Waals surface area contributed by atoms with E-state index < -0.39 is 0 Å². The van der Waals surface area contributed by atoms with Gasteiger partial charge in [0, 0.05) is 73.3 Å². The van der Waals surface area contributed by atoms with Gasteiger partial charge in [-0.25, -0.2) is 14.4 Å². The molecule has 1 saturated heterocycles. The summed E-state index contributed by atoms with van der Waals surface area (Å²) in [5.74, 6) is 0.178. The van der Waals surface area contributed by atoms with Gasteiger partial charge in [0.2, 0.25) is 5.95 Å². The molecule has 2 N–H and O–H groups in total. The van der Waals surface area contributed by atoms with Crippen LogP contribution in [-0.4, -0.2) is 61.7 Å². The average molecular weight is 535 g/mol. The van der Waals surface area contributed by atoms with Crippen molar-refractivity contribution in [3.05, 3.63) is 108 Å². The number of nitrogens with one attached hydrogen (secondary N) is 2. The fourth-order valence-electron chi connectivity index (χ4n) is 4.63. The lowest BCUT2D eigenvalue weighted by Gasteiger charge is -2.27. The highest BCUT2D eigenvalue weighted by Crippen LogP contribution is 2.30. The normalized spacial score (nSPS) is 13.3. The van der Waals surface area contributed by atoms with Crippen molar-refractivity contribution in [2.75, 3.05) is 31.5 Å². The molecule has 0 radical (unpaired) electrons. The topological polar surface area (TPSA) is 101 Å². The fraction of sp³-hybridized carbons (Fsp3) is 0.167. The zero-order valence-electron chi connectivity index (χ0n) is 21.7. The lowest BCUT2D eigenvalue weighted by atomic mass is 10.1. The van der Waals surface area contributed by atoms with E-state index >= 15 is 0 Å². The molecule has 3 aromatic heterocycles. The molecule has 0 saturated carbocycles. The standard InChI is InChI=1S/C30H27FN8O/c31-24-7-3-21(4-8-24)19-39-20-26(28(37-39)23-2-1-12-33-18-23)27-11-13-34-30(36-27)35-25-9-5-22(6-10-25)29(40)38-16-14-32-15-17-38/h1-13,18,20,32H,14-17,19H2,(H,34,35,36). The minimum atomic E-state index is -0.275. The average Bonchev–Trinajstić information content (AvgIpc) is 3.43. The summed E-state index contributed by atoms with van der Waals surface area (Å²) in [5, 5.41) is 11.3. The summed E-state index contributed by atoms with van der Waals surface area (Å²) >= 11 is 0. The number of hydrogen-bond acceptors (Lipinski definition) is 7. The third kappa shape index (κ3) is 5.71. The predicted molar refractivity (Wildman–Crippen MR) is 150 cm³/mol. The van der Waals surface area contributed by atoms with Crippen molar-refractivity contribution in [3.63, 3.8) is 0 Å². The first-order valence-corrected chi connectivity index (χ1v) is 13.1. The number of aromatic nitrogens is 5. The Morgan fingerprint density at radius 1 is 0.975 bits per heavy atom. The van der Waals surface area contributed by atoms with Gasteiger partial charge in [0.15, 0.2) is 0 Å². The summed E-state index contributed by atoms with van der Waals surface area (Å²) in [6.07, 6.45) is 7.09. The van der Waals surface area contributed by atoms with Crippen LogP contribution in [0, 0.1) is 5.82 Å². The van der Waals surface area contributed by atoms with Crippen LogP contribution in [0.4, 0.5) is 16.0 Å². The minimum Gasteiger partial charge on any atom is -0.336 e. The molecule has 200 valence electrons. The van der Waals surface area contributed by atoms with Crippen LogP contribution in [-0.2, 0) is 6.54 Å². The van der Waals surface area contributed by atoms with Crippen molar-refractivity contribution in [2.45, 2.75) is 6.54 Å². The van der Waals surface area contributed by atoms with Gasteiger partial charge in [0.1, 0.15) is 11.5 Å². The summed E-state index contributed by atoms with van der Waals surface area (Å²) in [4.78, 5) is 28.1. The molecule has 10 heteroatoms. The van der Waals surface area contributed by atoms with Crippen molar-refractivity contribution in [1.82, 2.24) is 34.9 Å². The first kappa shape index (κ1) is 25.3. The van der Waals surface area contributed by atoms with E-state index in [1.165, 1.54) is 12.1 Å². The zero-order chi connectivity index (χ0) is 27.3. The Hall–Kier alpha value is -4.96. The van der Waals surface area contributed by atoms with Crippen LogP contribution >= 0.6 is 0 Å². The number of benzene rings is 2. The molecule has 40 heavy (non-hydrogen) atoms. The molecular weight excluding hydrogens is 507 g/mol. The molecule has 1 aliphatic heterocycles. The van der Waals surface area contributed by atoms with Crippen molar-refractivity contribution < 1.29 is 9.18 Å². The lowest BCUT2D eigenvalue weighted by Crippen LogP contribution is -2.46. The summed E-state index contributed by atoms with van der Waals surface area (Å²) in [5.41, 5.74) is 5.44. The monoisotopic (exact) mass is 534 g/mol. The quantitative estimate of drug-likeness (QED) is 0.320. The van der Waals surface area contributed by atoms with Crippen LogP contribution in [0.2, 0.25) is 0 Å². The smallest absolute Gasteiger partial charge is 0.253 e. The van der Waals surface area contributed by atoms with E-state index in [1.807, 2.05) is 58.2 Å². The van der Waals surface area contributed by atoms with Crippen molar-refractivity contribution >= 4 is 17.5 Å². The number of rotatable bonds is 7. The van der Waals surface area contributed by atoms with E-state index in [9.17, 15) is 9.18 Å². The number of anilines is 2. The molecule has 5 aromatic rings. The van der Waals surface area contributed by atoms with Crippen molar-refractivity contribution in [1.29, 1.82) is 0 Å². The van der Waals surface area contributed by atoms with Gasteiger partial charge < -0.3 is 15.5 Å².